The van der Waals surface area contributed by atoms with E-state index in [1.165, 1.54) is 0 Å². The molecule has 0 amide bonds. The molecule has 0 fully saturated rings. The summed E-state index contributed by atoms with van der Waals surface area (Å²) in [6.45, 7) is -0.199. The molecule has 2 aromatic rings. The molecule has 0 spiro atoms. The van der Waals surface area contributed by atoms with Crippen LogP contribution in [0.5, 0.6) is 5.75 Å². The Kier molecular flexibility index (Phi) is 3.08. The largest absolute Gasteiger partial charge is 0.497 e. The van der Waals surface area contributed by atoms with E-state index in [4.69, 9.17) is 19.6 Å². The summed E-state index contributed by atoms with van der Waals surface area (Å²) in [6.07, 6.45) is 0. The lowest BCUT2D eigenvalue weighted by Crippen LogP contribution is -1.87. The Labute approximate surface area is 97.8 Å². The van der Waals surface area contributed by atoms with Gasteiger partial charge in [0.1, 0.15) is 11.4 Å². The van der Waals surface area contributed by atoms with Crippen LogP contribution in [-0.4, -0.2) is 17.4 Å². The van der Waals surface area contributed by atoms with Gasteiger partial charge in [-0.2, -0.15) is 5.26 Å². The quantitative estimate of drug-likeness (QED) is 0.868. The molecule has 0 aliphatic rings. The maximum absolute atomic E-state index is 9.01. The molecule has 0 unspecified atom stereocenters. The number of methoxy groups -OCH3 is 1. The van der Waals surface area contributed by atoms with E-state index >= 15 is 0 Å². The topological polar surface area (TPSA) is 79.3 Å². The number of hydrogen-bond donors (Lipinski definition) is 1. The van der Waals surface area contributed by atoms with Crippen LogP contribution < -0.4 is 4.74 Å². The van der Waals surface area contributed by atoms with Crippen molar-refractivity contribution < 1.29 is 14.4 Å². The molecule has 0 bridgehead atoms. The maximum atomic E-state index is 9.01. The number of nitriles is 1. The van der Waals surface area contributed by atoms with Crippen molar-refractivity contribution in [3.63, 3.8) is 0 Å². The Bertz CT molecular complexity index is 569. The second-order valence-electron chi connectivity index (χ2n) is 3.36. The van der Waals surface area contributed by atoms with Crippen molar-refractivity contribution >= 4 is 0 Å². The number of benzene rings is 1. The van der Waals surface area contributed by atoms with Crippen molar-refractivity contribution in [1.82, 2.24) is 5.16 Å². The molecule has 1 heterocycles. The summed E-state index contributed by atoms with van der Waals surface area (Å²) in [6, 6.07) is 8.70. The van der Waals surface area contributed by atoms with Gasteiger partial charge in [-0.25, -0.2) is 0 Å². The summed E-state index contributed by atoms with van der Waals surface area (Å²) in [5, 5.41) is 21.6. The van der Waals surface area contributed by atoms with Crippen LogP contribution in [-0.2, 0) is 6.61 Å². The highest BCUT2D eigenvalue weighted by Gasteiger charge is 2.12. The van der Waals surface area contributed by atoms with Gasteiger partial charge in [0.2, 0.25) is 0 Å². The highest BCUT2D eigenvalue weighted by molar-refractivity contribution is 5.68. The number of nitrogens with zero attached hydrogens (tertiary/aromatic N) is 2. The van der Waals surface area contributed by atoms with Gasteiger partial charge in [0, 0.05) is 11.6 Å². The van der Waals surface area contributed by atoms with E-state index in [-0.39, 0.29) is 6.61 Å². The van der Waals surface area contributed by atoms with Gasteiger partial charge < -0.3 is 14.4 Å². The first-order valence-corrected chi connectivity index (χ1v) is 4.93. The van der Waals surface area contributed by atoms with Crippen molar-refractivity contribution in [2.24, 2.45) is 0 Å². The first-order chi connectivity index (χ1) is 8.28. The Hall–Kier alpha value is -2.32. The fourth-order valence-corrected chi connectivity index (χ4v) is 1.46. The average Bonchev–Trinajstić information content (AvgIpc) is 2.86. The van der Waals surface area contributed by atoms with Crippen molar-refractivity contribution in [3.8, 4) is 23.1 Å². The van der Waals surface area contributed by atoms with Gasteiger partial charge in [0.25, 0.3) is 0 Å². The average molecular weight is 230 g/mol. The Morgan fingerprint density at radius 1 is 1.47 bits per heavy atom. The number of rotatable bonds is 3. The molecule has 2 rings (SSSR count). The standard InChI is InChI=1S/C12H10N2O3/c1-16-10-3-2-8(6-13)11(5-10)12-4-9(7-15)14-17-12/h2-5,15H,7H2,1H3. The normalized spacial score (nSPS) is 9.94. The summed E-state index contributed by atoms with van der Waals surface area (Å²) in [7, 11) is 1.55. The van der Waals surface area contributed by atoms with E-state index in [0.717, 1.165) is 0 Å². The van der Waals surface area contributed by atoms with Crippen molar-refractivity contribution in [3.05, 3.63) is 35.5 Å². The molecule has 0 aliphatic heterocycles. The van der Waals surface area contributed by atoms with Crippen LogP contribution in [0.1, 0.15) is 11.3 Å². The molecule has 0 saturated carbocycles. The van der Waals surface area contributed by atoms with Crippen molar-refractivity contribution in [2.45, 2.75) is 6.61 Å². The highest BCUT2D eigenvalue weighted by atomic mass is 16.5. The third kappa shape index (κ3) is 2.12. The van der Waals surface area contributed by atoms with E-state index in [0.29, 0.717) is 28.3 Å². The van der Waals surface area contributed by atoms with Gasteiger partial charge in [0.05, 0.1) is 25.3 Å². The third-order valence-corrected chi connectivity index (χ3v) is 2.33. The van der Waals surface area contributed by atoms with E-state index in [9.17, 15) is 0 Å². The van der Waals surface area contributed by atoms with Crippen LogP contribution in [0, 0.1) is 11.3 Å². The fourth-order valence-electron chi connectivity index (χ4n) is 1.46. The summed E-state index contributed by atoms with van der Waals surface area (Å²) >= 11 is 0. The molecule has 86 valence electrons. The third-order valence-electron chi connectivity index (χ3n) is 2.33. The summed E-state index contributed by atoms with van der Waals surface area (Å²) in [5.41, 5.74) is 1.48. The van der Waals surface area contributed by atoms with E-state index in [2.05, 4.69) is 11.2 Å². The van der Waals surface area contributed by atoms with E-state index in [1.54, 1.807) is 31.4 Å². The molecule has 0 atom stereocenters. The molecule has 17 heavy (non-hydrogen) atoms. The molecule has 5 nitrogen and oxygen atoms in total. The van der Waals surface area contributed by atoms with E-state index in [1.807, 2.05) is 0 Å². The second-order valence-corrected chi connectivity index (χ2v) is 3.36. The van der Waals surface area contributed by atoms with Crippen LogP contribution >= 0.6 is 0 Å². The molecule has 0 aliphatic carbocycles. The number of ether oxygens (including phenoxy) is 1. The Morgan fingerprint density at radius 2 is 2.29 bits per heavy atom. The lowest BCUT2D eigenvalue weighted by molar-refractivity contribution is 0.267. The van der Waals surface area contributed by atoms with Crippen molar-refractivity contribution in [2.75, 3.05) is 7.11 Å². The minimum Gasteiger partial charge on any atom is -0.497 e. The second kappa shape index (κ2) is 4.68. The number of aromatic nitrogens is 1. The Balaban J connectivity index is 2.52. The van der Waals surface area contributed by atoms with Gasteiger partial charge in [-0.05, 0) is 18.2 Å². The smallest absolute Gasteiger partial charge is 0.168 e. The number of hydrogen-bond acceptors (Lipinski definition) is 5. The van der Waals surface area contributed by atoms with Crippen LogP contribution in [0.4, 0.5) is 0 Å². The molecule has 1 aromatic heterocycles. The number of aliphatic hydroxyl groups is 1. The van der Waals surface area contributed by atoms with Crippen LogP contribution in [0.15, 0.2) is 28.8 Å². The van der Waals surface area contributed by atoms with Gasteiger partial charge in [0.15, 0.2) is 5.76 Å². The molecular weight excluding hydrogens is 220 g/mol. The molecule has 1 N–H and O–H groups in total. The summed E-state index contributed by atoms with van der Waals surface area (Å²) in [4.78, 5) is 0. The summed E-state index contributed by atoms with van der Waals surface area (Å²) in [5.74, 6) is 1.06. The zero-order valence-electron chi connectivity index (χ0n) is 9.17. The van der Waals surface area contributed by atoms with Crippen LogP contribution in [0.2, 0.25) is 0 Å². The minimum atomic E-state index is -0.199. The van der Waals surface area contributed by atoms with Gasteiger partial charge in [-0.15, -0.1) is 0 Å². The molecule has 0 radical (unpaired) electrons. The van der Waals surface area contributed by atoms with Crippen molar-refractivity contribution in [1.29, 1.82) is 5.26 Å². The zero-order valence-corrected chi connectivity index (χ0v) is 9.17. The number of aliphatic hydroxyl groups excluding tert-OH is 1. The first-order valence-electron chi connectivity index (χ1n) is 4.93. The van der Waals surface area contributed by atoms with Gasteiger partial charge in [-0.1, -0.05) is 5.16 Å². The zero-order chi connectivity index (χ0) is 12.3. The first kappa shape index (κ1) is 11.2. The maximum Gasteiger partial charge on any atom is 0.168 e. The fraction of sp³-hybridized carbons (Fsp3) is 0.167. The molecule has 5 heteroatoms. The lowest BCUT2D eigenvalue weighted by Gasteiger charge is -2.03. The van der Waals surface area contributed by atoms with Crippen LogP contribution in [0.3, 0.4) is 0 Å². The molecular formula is C12H10N2O3. The Morgan fingerprint density at radius 3 is 2.88 bits per heavy atom. The van der Waals surface area contributed by atoms with Gasteiger partial charge in [-0.3, -0.25) is 0 Å². The summed E-state index contributed by atoms with van der Waals surface area (Å²) < 4.78 is 10.2. The molecule has 0 saturated heterocycles. The SMILES string of the molecule is COc1ccc(C#N)c(-c2cc(CO)no2)c1. The monoisotopic (exact) mass is 230 g/mol. The predicted molar refractivity (Wildman–Crippen MR) is 59.1 cm³/mol. The lowest BCUT2D eigenvalue weighted by atomic mass is 10.1. The van der Waals surface area contributed by atoms with Gasteiger partial charge >= 0.3 is 0 Å². The molecule has 1 aromatic carbocycles. The van der Waals surface area contributed by atoms with E-state index < -0.39 is 0 Å². The highest BCUT2D eigenvalue weighted by Crippen LogP contribution is 2.28. The van der Waals surface area contributed by atoms with Crippen LogP contribution in [0.25, 0.3) is 11.3 Å². The minimum absolute atomic E-state index is 0.199. The predicted octanol–water partition coefficient (Wildman–Crippen LogP) is 1.71.